The summed E-state index contributed by atoms with van der Waals surface area (Å²) < 4.78 is 32.6. The van der Waals surface area contributed by atoms with Gasteiger partial charge in [-0.25, -0.2) is 8.42 Å². The van der Waals surface area contributed by atoms with Gasteiger partial charge in [-0.05, 0) is 38.0 Å². The lowest BCUT2D eigenvalue weighted by atomic mass is 10.1. The molecule has 2 aliphatic rings. The molecule has 146 valence electrons. The zero-order chi connectivity index (χ0) is 18.0. The Hall–Kier alpha value is -1.35. The molecule has 0 radical (unpaired) electrons. The minimum Gasteiger partial charge on any atom is -0.495 e. The predicted molar refractivity (Wildman–Crippen MR) is 102 cm³/mol. The summed E-state index contributed by atoms with van der Waals surface area (Å²) in [4.78, 5) is 14.7. The van der Waals surface area contributed by atoms with Gasteiger partial charge in [0.1, 0.15) is 10.6 Å². The molecule has 1 aromatic carbocycles. The van der Waals surface area contributed by atoms with Gasteiger partial charge in [0.05, 0.1) is 7.11 Å². The van der Waals surface area contributed by atoms with Gasteiger partial charge in [0, 0.05) is 44.3 Å². The van der Waals surface area contributed by atoms with Crippen molar-refractivity contribution < 1.29 is 17.9 Å². The maximum Gasteiger partial charge on any atom is 0.254 e. The summed E-state index contributed by atoms with van der Waals surface area (Å²) in [7, 11) is -2.21. The van der Waals surface area contributed by atoms with Crippen LogP contribution in [0.1, 0.15) is 30.1 Å². The summed E-state index contributed by atoms with van der Waals surface area (Å²) >= 11 is 0. The molecule has 0 bridgehead atoms. The highest BCUT2D eigenvalue weighted by atomic mass is 35.5. The molecule has 1 N–H and O–H groups in total. The third-order valence-corrected chi connectivity index (χ3v) is 6.78. The van der Waals surface area contributed by atoms with Crippen LogP contribution in [0.4, 0.5) is 0 Å². The van der Waals surface area contributed by atoms with E-state index in [-0.39, 0.29) is 35.0 Å². The molecule has 2 aliphatic heterocycles. The average Bonchev–Trinajstić information content (AvgIpc) is 3.16. The minimum atomic E-state index is -3.66. The van der Waals surface area contributed by atoms with E-state index in [1.165, 1.54) is 17.5 Å². The van der Waals surface area contributed by atoms with Gasteiger partial charge in [0.2, 0.25) is 10.0 Å². The van der Waals surface area contributed by atoms with E-state index in [1.54, 1.807) is 17.0 Å². The van der Waals surface area contributed by atoms with E-state index >= 15 is 0 Å². The molecular formula is C17H26ClN3O4S. The molecule has 9 heteroatoms. The lowest BCUT2D eigenvalue weighted by molar-refractivity contribution is 0.0655. The number of amides is 1. The van der Waals surface area contributed by atoms with Gasteiger partial charge < -0.3 is 15.0 Å². The van der Waals surface area contributed by atoms with E-state index < -0.39 is 10.0 Å². The van der Waals surface area contributed by atoms with Crippen molar-refractivity contribution in [2.75, 3.05) is 39.8 Å². The van der Waals surface area contributed by atoms with Crippen LogP contribution in [0.15, 0.2) is 23.1 Å². The van der Waals surface area contributed by atoms with Gasteiger partial charge in [0.15, 0.2) is 0 Å². The number of carbonyl (C=O) groups is 1. The van der Waals surface area contributed by atoms with Crippen molar-refractivity contribution in [2.24, 2.45) is 0 Å². The fourth-order valence-electron chi connectivity index (χ4n) is 3.39. The van der Waals surface area contributed by atoms with Crippen LogP contribution >= 0.6 is 12.4 Å². The molecule has 0 spiro atoms. The summed E-state index contributed by atoms with van der Waals surface area (Å²) in [6.45, 7) is 5.10. The lowest BCUT2D eigenvalue weighted by Crippen LogP contribution is -2.52. The molecule has 2 heterocycles. The lowest BCUT2D eigenvalue weighted by Gasteiger charge is -2.34. The fourth-order valence-corrected chi connectivity index (χ4v) is 5.09. The van der Waals surface area contributed by atoms with Crippen LogP contribution in [-0.2, 0) is 10.0 Å². The van der Waals surface area contributed by atoms with Crippen molar-refractivity contribution in [3.8, 4) is 5.75 Å². The first-order chi connectivity index (χ1) is 11.9. The molecular weight excluding hydrogens is 378 g/mol. The molecule has 26 heavy (non-hydrogen) atoms. The van der Waals surface area contributed by atoms with Crippen molar-refractivity contribution in [1.82, 2.24) is 14.5 Å². The number of rotatable bonds is 4. The maximum absolute atomic E-state index is 12.9. The van der Waals surface area contributed by atoms with Crippen molar-refractivity contribution in [3.63, 3.8) is 0 Å². The number of ether oxygens (including phenoxy) is 1. The van der Waals surface area contributed by atoms with Crippen molar-refractivity contribution in [3.05, 3.63) is 23.8 Å². The fraction of sp³-hybridized carbons (Fsp3) is 0.588. The van der Waals surface area contributed by atoms with Crippen LogP contribution in [0.25, 0.3) is 0 Å². The number of benzene rings is 1. The number of nitrogens with one attached hydrogen (secondary N) is 1. The van der Waals surface area contributed by atoms with Crippen LogP contribution in [-0.4, -0.2) is 69.4 Å². The van der Waals surface area contributed by atoms with Crippen LogP contribution in [0.3, 0.4) is 0 Å². The van der Waals surface area contributed by atoms with E-state index in [2.05, 4.69) is 5.32 Å². The largest absolute Gasteiger partial charge is 0.495 e. The molecule has 2 saturated heterocycles. The van der Waals surface area contributed by atoms with Gasteiger partial charge in [-0.1, -0.05) is 0 Å². The normalized spacial score (nSPS) is 21.3. The molecule has 0 aliphatic carbocycles. The number of methoxy groups -OCH3 is 1. The van der Waals surface area contributed by atoms with E-state index in [9.17, 15) is 13.2 Å². The van der Waals surface area contributed by atoms with E-state index in [0.717, 1.165) is 25.9 Å². The first kappa shape index (κ1) is 21.0. The Bertz CT molecular complexity index is 750. The number of nitrogens with zero attached hydrogens (tertiary/aromatic N) is 2. The Morgan fingerprint density at radius 3 is 2.54 bits per heavy atom. The van der Waals surface area contributed by atoms with Gasteiger partial charge in [-0.15, -0.1) is 12.4 Å². The number of hydrogen-bond acceptors (Lipinski definition) is 5. The van der Waals surface area contributed by atoms with E-state index in [0.29, 0.717) is 25.2 Å². The predicted octanol–water partition coefficient (Wildman–Crippen LogP) is 1.34. The Morgan fingerprint density at radius 1 is 1.23 bits per heavy atom. The van der Waals surface area contributed by atoms with E-state index in [4.69, 9.17) is 4.74 Å². The molecule has 7 nitrogen and oxygen atoms in total. The topological polar surface area (TPSA) is 79.0 Å². The average molecular weight is 404 g/mol. The third-order valence-electron chi connectivity index (χ3n) is 4.86. The summed E-state index contributed by atoms with van der Waals surface area (Å²) in [5.74, 6) is 0.131. The standard InChI is InChI=1S/C17H25N3O4S.ClH/c1-13-12-18-7-10-20(13)17(21)14-5-6-15(24-2)16(11-14)25(22,23)19-8-3-4-9-19;/h5-6,11,13,18H,3-4,7-10,12H2,1-2H3;1H/t13-;/m0./s1. The Labute approximate surface area is 161 Å². The van der Waals surface area contributed by atoms with E-state index in [1.807, 2.05) is 6.92 Å². The number of sulfonamides is 1. The highest BCUT2D eigenvalue weighted by Gasteiger charge is 2.32. The van der Waals surface area contributed by atoms with Gasteiger partial charge >= 0.3 is 0 Å². The Kier molecular flexibility index (Phi) is 6.90. The van der Waals surface area contributed by atoms with Crippen LogP contribution in [0.5, 0.6) is 5.75 Å². The number of carbonyl (C=O) groups excluding carboxylic acids is 1. The first-order valence-corrected chi connectivity index (χ1v) is 10.1. The molecule has 2 fully saturated rings. The second-order valence-corrected chi connectivity index (χ2v) is 8.43. The monoisotopic (exact) mass is 403 g/mol. The van der Waals surface area contributed by atoms with Gasteiger partial charge in [-0.3, -0.25) is 4.79 Å². The first-order valence-electron chi connectivity index (χ1n) is 8.65. The summed E-state index contributed by atoms with van der Waals surface area (Å²) in [6, 6.07) is 4.74. The van der Waals surface area contributed by atoms with Crippen molar-refractivity contribution in [1.29, 1.82) is 0 Å². The summed E-state index contributed by atoms with van der Waals surface area (Å²) in [5.41, 5.74) is 0.382. The highest BCUT2D eigenvalue weighted by molar-refractivity contribution is 7.89. The molecule has 1 amide bonds. The number of hydrogen-bond donors (Lipinski definition) is 1. The molecule has 1 atom stereocenters. The minimum absolute atomic E-state index is 0. The maximum atomic E-state index is 12.9. The zero-order valence-electron chi connectivity index (χ0n) is 15.1. The highest BCUT2D eigenvalue weighted by Crippen LogP contribution is 2.30. The smallest absolute Gasteiger partial charge is 0.254 e. The van der Waals surface area contributed by atoms with Crippen LogP contribution < -0.4 is 10.1 Å². The summed E-state index contributed by atoms with van der Waals surface area (Å²) in [5, 5.41) is 3.25. The second-order valence-electron chi connectivity index (χ2n) is 6.53. The Balaban J connectivity index is 0.00000243. The second kappa shape index (κ2) is 8.56. The molecule has 1 aromatic rings. The SMILES string of the molecule is COc1ccc(C(=O)N2CCNC[C@@H]2C)cc1S(=O)(=O)N1CCCC1.Cl. The quantitative estimate of drug-likeness (QED) is 0.820. The molecule has 0 saturated carbocycles. The van der Waals surface area contributed by atoms with Crippen LogP contribution in [0, 0.1) is 0 Å². The molecule has 0 aromatic heterocycles. The third kappa shape index (κ3) is 3.98. The Morgan fingerprint density at radius 2 is 1.92 bits per heavy atom. The summed E-state index contributed by atoms with van der Waals surface area (Å²) in [6.07, 6.45) is 1.72. The molecule has 0 unspecified atom stereocenters. The zero-order valence-corrected chi connectivity index (χ0v) is 16.7. The van der Waals surface area contributed by atoms with Crippen LogP contribution in [0.2, 0.25) is 0 Å². The van der Waals surface area contributed by atoms with Crippen molar-refractivity contribution >= 4 is 28.3 Å². The van der Waals surface area contributed by atoms with Gasteiger partial charge in [-0.2, -0.15) is 4.31 Å². The molecule has 3 rings (SSSR count). The van der Waals surface area contributed by atoms with Crippen molar-refractivity contribution in [2.45, 2.75) is 30.7 Å². The van der Waals surface area contributed by atoms with Gasteiger partial charge in [0.25, 0.3) is 5.91 Å². The number of piperazine rings is 1. The number of halogens is 1.